The molecule has 0 bridgehead atoms. The molecule has 1 aliphatic rings. The van der Waals surface area contributed by atoms with Crippen LogP contribution in [0.1, 0.15) is 23.2 Å². The van der Waals surface area contributed by atoms with E-state index < -0.39 is 11.1 Å². The van der Waals surface area contributed by atoms with Gasteiger partial charge in [-0.3, -0.25) is 14.4 Å². The van der Waals surface area contributed by atoms with Gasteiger partial charge in [-0.15, -0.1) is 0 Å². The Labute approximate surface area is 235 Å². The van der Waals surface area contributed by atoms with E-state index >= 15 is 0 Å². The fourth-order valence-corrected chi connectivity index (χ4v) is 4.61. The molecule has 12 heteroatoms. The van der Waals surface area contributed by atoms with E-state index in [1.54, 1.807) is 60.8 Å². The van der Waals surface area contributed by atoms with Crippen molar-refractivity contribution in [3.8, 4) is 17.3 Å². The highest BCUT2D eigenvalue weighted by molar-refractivity contribution is 8.13. The quantitative estimate of drug-likeness (QED) is 0.316. The second kappa shape index (κ2) is 14.2. The highest BCUT2D eigenvalue weighted by atomic mass is 32.2. The van der Waals surface area contributed by atoms with E-state index in [1.165, 1.54) is 4.90 Å². The lowest BCUT2D eigenvalue weighted by atomic mass is 9.96. The maximum absolute atomic E-state index is 13.3. The summed E-state index contributed by atoms with van der Waals surface area (Å²) in [6, 6.07) is 16.6. The molecule has 206 valence electrons. The third-order valence-corrected chi connectivity index (χ3v) is 6.88. The monoisotopic (exact) mass is 561 g/mol. The number of anilines is 3. The largest absolute Gasteiger partial charge is 0.339 e. The average Bonchev–Trinajstić information content (AvgIpc) is 2.99. The SMILES string of the molecule is N#CCNC(=O)c1ccc(-c2ccnc(Nc3ccc(N(CC(=O)SCF)C(=O)C4CCNCC4)cc3)n2)cc1. The van der Waals surface area contributed by atoms with Gasteiger partial charge in [0, 0.05) is 34.6 Å². The molecule has 40 heavy (non-hydrogen) atoms. The Hall–Kier alpha value is -4.34. The van der Waals surface area contributed by atoms with Crippen molar-refractivity contribution < 1.29 is 18.8 Å². The number of nitriles is 1. The molecule has 4 rings (SSSR count). The second-order valence-corrected chi connectivity index (χ2v) is 9.89. The molecule has 0 aliphatic carbocycles. The number of benzene rings is 2. The van der Waals surface area contributed by atoms with Crippen LogP contribution in [0.3, 0.4) is 0 Å². The second-order valence-electron chi connectivity index (χ2n) is 8.93. The van der Waals surface area contributed by atoms with Gasteiger partial charge in [-0.25, -0.2) is 14.4 Å². The number of hydrogen-bond acceptors (Lipinski definition) is 9. The van der Waals surface area contributed by atoms with Crippen molar-refractivity contribution in [1.29, 1.82) is 5.26 Å². The van der Waals surface area contributed by atoms with Crippen LogP contribution in [0.5, 0.6) is 0 Å². The summed E-state index contributed by atoms with van der Waals surface area (Å²) >= 11 is 0.556. The fraction of sp³-hybridized carbons (Fsp3) is 0.286. The molecule has 2 heterocycles. The number of piperidine rings is 1. The van der Waals surface area contributed by atoms with Crippen molar-refractivity contribution in [1.82, 2.24) is 20.6 Å². The summed E-state index contributed by atoms with van der Waals surface area (Å²) in [5, 5.41) is 17.1. The normalized spacial score (nSPS) is 13.2. The Morgan fingerprint density at radius 1 is 1.07 bits per heavy atom. The number of nitrogens with one attached hydrogen (secondary N) is 3. The first-order chi connectivity index (χ1) is 19.5. The predicted octanol–water partition coefficient (Wildman–Crippen LogP) is 3.66. The Morgan fingerprint density at radius 2 is 1.80 bits per heavy atom. The summed E-state index contributed by atoms with van der Waals surface area (Å²) < 4.78 is 12.7. The zero-order chi connectivity index (χ0) is 28.3. The minimum absolute atomic E-state index is 0.0641. The van der Waals surface area contributed by atoms with Gasteiger partial charge in [0.05, 0.1) is 18.3 Å². The first-order valence-electron chi connectivity index (χ1n) is 12.7. The Bertz CT molecular complexity index is 1370. The van der Waals surface area contributed by atoms with E-state index in [9.17, 15) is 18.8 Å². The molecule has 0 radical (unpaired) electrons. The van der Waals surface area contributed by atoms with Crippen LogP contribution in [0.4, 0.5) is 21.7 Å². The fourth-order valence-electron chi connectivity index (χ4n) is 4.27. The number of carbonyl (C=O) groups is 3. The first-order valence-corrected chi connectivity index (χ1v) is 13.7. The molecule has 3 N–H and O–H groups in total. The van der Waals surface area contributed by atoms with Gasteiger partial charge in [-0.05, 0) is 68.4 Å². The van der Waals surface area contributed by atoms with Gasteiger partial charge in [0.25, 0.3) is 5.91 Å². The van der Waals surface area contributed by atoms with Gasteiger partial charge < -0.3 is 20.9 Å². The van der Waals surface area contributed by atoms with Crippen LogP contribution < -0.4 is 20.9 Å². The topological polar surface area (TPSA) is 140 Å². The number of hydrogen-bond donors (Lipinski definition) is 3. The number of aromatic nitrogens is 2. The Kier molecular flexibility index (Phi) is 10.1. The van der Waals surface area contributed by atoms with Gasteiger partial charge >= 0.3 is 0 Å². The van der Waals surface area contributed by atoms with Crippen molar-refractivity contribution in [3.05, 3.63) is 66.4 Å². The summed E-state index contributed by atoms with van der Waals surface area (Å²) in [7, 11) is 0. The standard InChI is InChI=1S/C28H28FN7O3S/c29-18-40-25(37)17-36(27(39)21-9-13-31-14-10-21)23-7-5-22(6-8-23)34-28-33-15-11-24(35-28)19-1-3-20(4-2-19)26(38)32-16-12-30/h1-8,11,15,21,31H,9-10,13-14,16-18H2,(H,32,38)(H,33,34,35). The molecule has 10 nitrogen and oxygen atoms in total. The molecular formula is C28H28FN7O3S. The highest BCUT2D eigenvalue weighted by Crippen LogP contribution is 2.26. The van der Waals surface area contributed by atoms with Gasteiger partial charge in [0.1, 0.15) is 12.6 Å². The molecular weight excluding hydrogens is 533 g/mol. The van der Waals surface area contributed by atoms with E-state index in [-0.39, 0.29) is 30.8 Å². The molecule has 2 amide bonds. The number of alkyl halides is 1. The summed E-state index contributed by atoms with van der Waals surface area (Å²) in [4.78, 5) is 47.8. The third kappa shape index (κ3) is 7.62. The lowest BCUT2D eigenvalue weighted by Gasteiger charge is -2.29. The number of halogens is 1. The minimum Gasteiger partial charge on any atom is -0.339 e. The van der Waals surface area contributed by atoms with Crippen molar-refractivity contribution in [2.75, 3.05) is 42.4 Å². The smallest absolute Gasteiger partial charge is 0.252 e. The summed E-state index contributed by atoms with van der Waals surface area (Å²) in [6.45, 7) is 1.21. The molecule has 1 fully saturated rings. The van der Waals surface area contributed by atoms with Crippen LogP contribution >= 0.6 is 11.8 Å². The maximum atomic E-state index is 13.3. The number of rotatable bonds is 10. The summed E-state index contributed by atoms with van der Waals surface area (Å²) in [5.74, 6) is -0.319. The molecule has 2 aromatic carbocycles. The molecule has 1 aliphatic heterocycles. The van der Waals surface area contributed by atoms with Crippen LogP contribution in [0, 0.1) is 17.2 Å². The van der Waals surface area contributed by atoms with Gasteiger partial charge in [-0.1, -0.05) is 23.9 Å². The molecule has 1 saturated heterocycles. The van der Waals surface area contributed by atoms with Crippen LogP contribution in [0.15, 0.2) is 60.8 Å². The summed E-state index contributed by atoms with van der Waals surface area (Å²) in [6.07, 6.45) is 2.98. The van der Waals surface area contributed by atoms with Gasteiger partial charge in [0.2, 0.25) is 17.0 Å². The number of nitrogens with zero attached hydrogens (tertiary/aromatic N) is 4. The van der Waals surface area contributed by atoms with E-state index in [2.05, 4.69) is 25.9 Å². The van der Waals surface area contributed by atoms with E-state index in [1.807, 2.05) is 6.07 Å². The minimum atomic E-state index is -0.835. The summed E-state index contributed by atoms with van der Waals surface area (Å²) in [5.41, 5.74) is 3.07. The number of carbonyl (C=O) groups excluding carboxylic acids is 3. The number of thioether (sulfide) groups is 1. The molecule has 1 aromatic heterocycles. The van der Waals surface area contributed by atoms with Gasteiger partial charge in [-0.2, -0.15) is 5.26 Å². The van der Waals surface area contributed by atoms with Crippen molar-refractivity contribution in [2.45, 2.75) is 12.8 Å². The van der Waals surface area contributed by atoms with Crippen LogP contribution in [0.25, 0.3) is 11.3 Å². The van der Waals surface area contributed by atoms with E-state index in [0.29, 0.717) is 53.2 Å². The lowest BCUT2D eigenvalue weighted by Crippen LogP contribution is -2.43. The van der Waals surface area contributed by atoms with Crippen LogP contribution in [-0.2, 0) is 9.59 Å². The van der Waals surface area contributed by atoms with Gasteiger partial charge in [0.15, 0.2) is 0 Å². The Balaban J connectivity index is 1.46. The van der Waals surface area contributed by atoms with E-state index in [0.717, 1.165) is 18.7 Å². The molecule has 0 spiro atoms. The average molecular weight is 562 g/mol. The molecule has 3 aromatic rings. The van der Waals surface area contributed by atoms with Crippen molar-refractivity contribution >= 4 is 46.0 Å². The maximum Gasteiger partial charge on any atom is 0.252 e. The zero-order valence-electron chi connectivity index (χ0n) is 21.6. The van der Waals surface area contributed by atoms with Crippen molar-refractivity contribution in [2.24, 2.45) is 5.92 Å². The first kappa shape index (κ1) is 28.7. The number of amides is 2. The zero-order valence-corrected chi connectivity index (χ0v) is 22.4. The predicted molar refractivity (Wildman–Crippen MR) is 152 cm³/mol. The Morgan fingerprint density at radius 3 is 2.48 bits per heavy atom. The van der Waals surface area contributed by atoms with Crippen LogP contribution in [-0.4, -0.2) is 59.1 Å². The molecule has 0 unspecified atom stereocenters. The molecule has 0 atom stereocenters. The third-order valence-electron chi connectivity index (χ3n) is 6.32. The highest BCUT2D eigenvalue weighted by Gasteiger charge is 2.28. The molecule has 0 saturated carbocycles. The lowest BCUT2D eigenvalue weighted by molar-refractivity contribution is -0.124. The van der Waals surface area contributed by atoms with Crippen LogP contribution in [0.2, 0.25) is 0 Å². The van der Waals surface area contributed by atoms with E-state index in [4.69, 9.17) is 5.26 Å². The van der Waals surface area contributed by atoms with Crippen molar-refractivity contribution in [3.63, 3.8) is 0 Å².